The lowest BCUT2D eigenvalue weighted by atomic mass is 9.94. The maximum absolute atomic E-state index is 14.0. The van der Waals surface area contributed by atoms with Gasteiger partial charge in [0.05, 0.1) is 13.2 Å². The van der Waals surface area contributed by atoms with Crippen molar-refractivity contribution in [3.8, 4) is 5.75 Å². The number of amides is 1. The summed E-state index contributed by atoms with van der Waals surface area (Å²) < 4.78 is 19.2. The highest BCUT2D eigenvalue weighted by Gasteiger charge is 2.34. The molecule has 0 radical (unpaired) electrons. The number of para-hydroxylation sites is 1. The summed E-state index contributed by atoms with van der Waals surface area (Å²) in [5.74, 6) is 0.173. The van der Waals surface area contributed by atoms with E-state index in [-0.39, 0.29) is 23.2 Å². The molecule has 1 aromatic heterocycles. The number of ether oxygens (including phenoxy) is 1. The molecule has 1 aliphatic heterocycles. The first-order chi connectivity index (χ1) is 12.2. The van der Waals surface area contributed by atoms with Crippen molar-refractivity contribution in [2.45, 2.75) is 12.5 Å². The molecule has 4 nitrogen and oxygen atoms in total. The van der Waals surface area contributed by atoms with E-state index < -0.39 is 5.82 Å². The number of methoxy groups -OCH3 is 1. The molecule has 126 valence electrons. The van der Waals surface area contributed by atoms with Crippen LogP contribution < -0.4 is 4.74 Å². The minimum Gasteiger partial charge on any atom is -0.497 e. The highest BCUT2D eigenvalue weighted by molar-refractivity contribution is 5.95. The van der Waals surface area contributed by atoms with E-state index in [2.05, 4.69) is 4.98 Å². The minimum absolute atomic E-state index is 0.000664. The number of rotatable bonds is 3. The third kappa shape index (κ3) is 2.71. The summed E-state index contributed by atoms with van der Waals surface area (Å²) in [6.45, 7) is 0.664. The van der Waals surface area contributed by atoms with Crippen molar-refractivity contribution in [3.63, 3.8) is 0 Å². The van der Waals surface area contributed by atoms with Crippen molar-refractivity contribution in [1.82, 2.24) is 9.88 Å². The zero-order chi connectivity index (χ0) is 17.4. The minimum atomic E-state index is -0.417. The summed E-state index contributed by atoms with van der Waals surface area (Å²) in [7, 11) is 1.62. The van der Waals surface area contributed by atoms with Crippen molar-refractivity contribution in [3.05, 3.63) is 71.7 Å². The Bertz CT molecular complexity index is 957. The zero-order valence-electron chi connectivity index (χ0n) is 13.8. The van der Waals surface area contributed by atoms with Gasteiger partial charge in [-0.15, -0.1) is 0 Å². The molecule has 1 atom stereocenters. The van der Waals surface area contributed by atoms with Gasteiger partial charge in [-0.05, 0) is 36.2 Å². The molecule has 1 amide bonds. The first-order valence-corrected chi connectivity index (χ1v) is 8.17. The molecule has 0 N–H and O–H groups in total. The van der Waals surface area contributed by atoms with E-state index in [9.17, 15) is 9.18 Å². The van der Waals surface area contributed by atoms with Crippen LogP contribution in [0.5, 0.6) is 5.75 Å². The van der Waals surface area contributed by atoms with Crippen LogP contribution in [-0.4, -0.2) is 29.4 Å². The first-order valence-electron chi connectivity index (χ1n) is 8.17. The van der Waals surface area contributed by atoms with Gasteiger partial charge in [-0.1, -0.05) is 30.3 Å². The Kier molecular flexibility index (Phi) is 3.84. The molecule has 25 heavy (non-hydrogen) atoms. The van der Waals surface area contributed by atoms with E-state index in [1.54, 1.807) is 36.3 Å². The van der Waals surface area contributed by atoms with Crippen molar-refractivity contribution in [1.29, 1.82) is 0 Å². The van der Waals surface area contributed by atoms with Crippen molar-refractivity contribution >= 4 is 16.8 Å². The van der Waals surface area contributed by atoms with Gasteiger partial charge in [0.25, 0.3) is 5.91 Å². The van der Waals surface area contributed by atoms with Crippen LogP contribution in [0.3, 0.4) is 0 Å². The molecule has 0 aliphatic carbocycles. The predicted molar refractivity (Wildman–Crippen MR) is 93.1 cm³/mol. The SMILES string of the molecule is COc1cccc(C2CCN2C(=O)c2ccc3cccc(F)c3n2)c1. The molecule has 4 rings (SSSR count). The van der Waals surface area contributed by atoms with Crippen LogP contribution in [0.2, 0.25) is 0 Å². The Morgan fingerprint density at radius 1 is 1.20 bits per heavy atom. The smallest absolute Gasteiger partial charge is 0.272 e. The van der Waals surface area contributed by atoms with E-state index in [4.69, 9.17) is 4.74 Å². The van der Waals surface area contributed by atoms with Gasteiger partial charge in [0.2, 0.25) is 0 Å². The van der Waals surface area contributed by atoms with E-state index in [0.29, 0.717) is 11.9 Å². The second-order valence-corrected chi connectivity index (χ2v) is 6.09. The van der Waals surface area contributed by atoms with Gasteiger partial charge in [-0.3, -0.25) is 4.79 Å². The number of likely N-dealkylation sites (tertiary alicyclic amines) is 1. The molecule has 3 aromatic rings. The lowest BCUT2D eigenvalue weighted by Crippen LogP contribution is -2.45. The van der Waals surface area contributed by atoms with E-state index in [1.807, 2.05) is 24.3 Å². The van der Waals surface area contributed by atoms with Crippen LogP contribution in [0.25, 0.3) is 10.9 Å². The van der Waals surface area contributed by atoms with Gasteiger partial charge in [0, 0.05) is 11.9 Å². The Balaban J connectivity index is 1.63. The number of fused-ring (bicyclic) bond motifs is 1. The van der Waals surface area contributed by atoms with Gasteiger partial charge in [-0.2, -0.15) is 0 Å². The van der Waals surface area contributed by atoms with Gasteiger partial charge in [0.15, 0.2) is 0 Å². The van der Waals surface area contributed by atoms with Crippen molar-refractivity contribution in [2.24, 2.45) is 0 Å². The van der Waals surface area contributed by atoms with Crippen molar-refractivity contribution < 1.29 is 13.9 Å². The molecule has 2 aromatic carbocycles. The summed E-state index contributed by atoms with van der Waals surface area (Å²) >= 11 is 0. The second-order valence-electron chi connectivity index (χ2n) is 6.09. The van der Waals surface area contributed by atoms with E-state index in [1.165, 1.54) is 6.07 Å². The van der Waals surface area contributed by atoms with Crippen LogP contribution >= 0.6 is 0 Å². The Morgan fingerprint density at radius 2 is 2.04 bits per heavy atom. The molecule has 1 saturated heterocycles. The summed E-state index contributed by atoms with van der Waals surface area (Å²) in [6, 6.07) is 15.9. The first kappa shape index (κ1) is 15.6. The molecule has 1 aliphatic rings. The van der Waals surface area contributed by atoms with Gasteiger partial charge < -0.3 is 9.64 Å². The topological polar surface area (TPSA) is 42.4 Å². The number of hydrogen-bond donors (Lipinski definition) is 0. The number of hydrogen-bond acceptors (Lipinski definition) is 3. The maximum atomic E-state index is 14.0. The average molecular weight is 336 g/mol. The fourth-order valence-electron chi connectivity index (χ4n) is 3.20. The fraction of sp³-hybridized carbons (Fsp3) is 0.200. The Labute approximate surface area is 144 Å². The molecule has 0 saturated carbocycles. The third-order valence-corrected chi connectivity index (χ3v) is 4.65. The lowest BCUT2D eigenvalue weighted by Gasteiger charge is -2.41. The van der Waals surface area contributed by atoms with Crippen LogP contribution in [-0.2, 0) is 0 Å². The third-order valence-electron chi connectivity index (χ3n) is 4.65. The molecular formula is C20H17FN2O2. The predicted octanol–water partition coefficient (Wildman–Crippen LogP) is 3.97. The number of carbonyl (C=O) groups is 1. The molecular weight excluding hydrogens is 319 g/mol. The lowest BCUT2D eigenvalue weighted by molar-refractivity contribution is 0.0454. The largest absolute Gasteiger partial charge is 0.497 e. The Hall–Kier alpha value is -2.95. The molecule has 5 heteroatoms. The highest BCUT2D eigenvalue weighted by Crippen LogP contribution is 2.35. The molecule has 0 spiro atoms. The highest BCUT2D eigenvalue weighted by atomic mass is 19.1. The normalized spacial score (nSPS) is 16.6. The summed E-state index contributed by atoms with van der Waals surface area (Å²) in [5.41, 5.74) is 1.53. The van der Waals surface area contributed by atoms with E-state index >= 15 is 0 Å². The zero-order valence-corrected chi connectivity index (χ0v) is 13.8. The van der Waals surface area contributed by atoms with Crippen LogP contribution in [0, 0.1) is 5.82 Å². The molecule has 1 fully saturated rings. The number of pyridine rings is 1. The van der Waals surface area contributed by atoms with Crippen LogP contribution in [0.1, 0.15) is 28.5 Å². The van der Waals surface area contributed by atoms with Crippen LogP contribution in [0.4, 0.5) is 4.39 Å². The van der Waals surface area contributed by atoms with E-state index in [0.717, 1.165) is 17.7 Å². The van der Waals surface area contributed by atoms with Gasteiger partial charge in [-0.25, -0.2) is 9.37 Å². The maximum Gasteiger partial charge on any atom is 0.272 e. The van der Waals surface area contributed by atoms with Gasteiger partial charge >= 0.3 is 0 Å². The second kappa shape index (κ2) is 6.16. The number of carbonyl (C=O) groups excluding carboxylic acids is 1. The standard InChI is InChI=1S/C20H17FN2O2/c1-25-15-6-2-5-14(12-15)18-10-11-23(18)20(24)17-9-8-13-4-3-7-16(21)19(13)22-17/h2-9,12,18H,10-11H2,1H3. The fourth-order valence-corrected chi connectivity index (χ4v) is 3.20. The number of nitrogens with zero attached hydrogens (tertiary/aromatic N) is 2. The Morgan fingerprint density at radius 3 is 2.80 bits per heavy atom. The summed E-state index contributed by atoms with van der Waals surface area (Å²) in [6.07, 6.45) is 0.890. The number of aromatic nitrogens is 1. The van der Waals surface area contributed by atoms with Gasteiger partial charge in [0.1, 0.15) is 22.8 Å². The molecule has 0 bridgehead atoms. The summed E-state index contributed by atoms with van der Waals surface area (Å²) in [4.78, 5) is 18.8. The number of benzene rings is 2. The van der Waals surface area contributed by atoms with Crippen LogP contribution in [0.15, 0.2) is 54.6 Å². The molecule has 2 heterocycles. The van der Waals surface area contributed by atoms with Crippen molar-refractivity contribution in [2.75, 3.05) is 13.7 Å². The quantitative estimate of drug-likeness (QED) is 0.727. The number of halogens is 1. The monoisotopic (exact) mass is 336 g/mol. The summed E-state index contributed by atoms with van der Waals surface area (Å²) in [5, 5.41) is 0.685. The molecule has 1 unspecified atom stereocenters. The average Bonchev–Trinajstić information content (AvgIpc) is 2.61.